The van der Waals surface area contributed by atoms with Crippen LogP contribution in [0.2, 0.25) is 0 Å². The summed E-state index contributed by atoms with van der Waals surface area (Å²) in [6.07, 6.45) is 1.63. The van der Waals surface area contributed by atoms with E-state index in [-0.39, 0.29) is 29.6 Å². The number of thiophene rings is 1. The van der Waals surface area contributed by atoms with E-state index in [1.54, 1.807) is 16.7 Å². The second kappa shape index (κ2) is 5.99. The van der Waals surface area contributed by atoms with Crippen molar-refractivity contribution in [3.8, 4) is 0 Å². The zero-order valence-electron chi connectivity index (χ0n) is 12.6. The maximum Gasteiger partial charge on any atom is 0.332 e. The molecule has 3 aromatic rings. The second-order valence-electron chi connectivity index (χ2n) is 5.68. The fraction of sp³-hybridized carbons (Fsp3) is 0.333. The van der Waals surface area contributed by atoms with Crippen LogP contribution in [0.25, 0.3) is 11.0 Å². The summed E-state index contributed by atoms with van der Waals surface area (Å²) in [7, 11) is 0. The number of carbonyl (C=O) groups is 1. The number of hydrogen-bond donors (Lipinski definition) is 1. The molecule has 3 aromatic heterocycles. The summed E-state index contributed by atoms with van der Waals surface area (Å²) in [5.41, 5.74) is -0.0915. The van der Waals surface area contributed by atoms with Gasteiger partial charge in [-0.15, -0.1) is 11.3 Å². The van der Waals surface area contributed by atoms with Gasteiger partial charge in [0.05, 0.1) is 12.1 Å². The number of fused-ring (bicyclic) bond motifs is 1. The van der Waals surface area contributed by atoms with Gasteiger partial charge >= 0.3 is 5.69 Å². The zero-order valence-corrected chi connectivity index (χ0v) is 14.2. The Balaban J connectivity index is 1.66. The molecule has 7 nitrogen and oxygen atoms in total. The maximum absolute atomic E-state index is 12.7. The fourth-order valence-corrected chi connectivity index (χ4v) is 3.92. The molecule has 0 bridgehead atoms. The smallest absolute Gasteiger partial charge is 0.332 e. The van der Waals surface area contributed by atoms with E-state index in [4.69, 9.17) is 0 Å². The Bertz CT molecular complexity index is 1010. The highest BCUT2D eigenvalue weighted by Crippen LogP contribution is 2.32. The third kappa shape index (κ3) is 2.69. The van der Waals surface area contributed by atoms with Crippen LogP contribution in [0.5, 0.6) is 0 Å². The molecule has 0 spiro atoms. The molecule has 0 unspecified atom stereocenters. The normalized spacial score (nSPS) is 14.2. The molecule has 1 aliphatic carbocycles. The van der Waals surface area contributed by atoms with E-state index >= 15 is 0 Å². The van der Waals surface area contributed by atoms with Crippen molar-refractivity contribution in [3.05, 3.63) is 48.6 Å². The quantitative estimate of drug-likeness (QED) is 0.742. The first-order valence-electron chi connectivity index (χ1n) is 7.53. The van der Waals surface area contributed by atoms with Crippen LogP contribution in [0.3, 0.4) is 0 Å². The van der Waals surface area contributed by atoms with Crippen molar-refractivity contribution in [2.75, 3.05) is 0 Å². The Hall–Kier alpha value is -2.26. The number of nitrogens with zero attached hydrogens (tertiary/aromatic N) is 3. The monoisotopic (exact) mass is 362 g/mol. The Kier molecular flexibility index (Phi) is 3.81. The minimum absolute atomic E-state index is 0.0588. The van der Waals surface area contributed by atoms with Crippen molar-refractivity contribution in [1.82, 2.24) is 18.8 Å². The molecule has 124 valence electrons. The molecule has 1 amide bonds. The standard InChI is InChI=1S/C15H14N4O3S2/c20-12(16-6-10-2-1-5-23-10)7-18-11-8-24-17-13(11)14(21)19(15(18)22)9-3-4-9/h1-2,5,8-9H,3-4,6-7H2,(H,16,20). The Labute approximate surface area is 144 Å². The first kappa shape index (κ1) is 15.3. The average molecular weight is 362 g/mol. The minimum Gasteiger partial charge on any atom is -0.350 e. The summed E-state index contributed by atoms with van der Waals surface area (Å²) in [5.74, 6) is -0.265. The maximum atomic E-state index is 12.7. The van der Waals surface area contributed by atoms with E-state index in [9.17, 15) is 14.4 Å². The first-order chi connectivity index (χ1) is 11.6. The molecule has 0 atom stereocenters. The van der Waals surface area contributed by atoms with Gasteiger partial charge in [-0.2, -0.15) is 4.37 Å². The van der Waals surface area contributed by atoms with E-state index in [0.29, 0.717) is 12.1 Å². The number of rotatable bonds is 5. The average Bonchev–Trinajstić information content (AvgIpc) is 3.07. The van der Waals surface area contributed by atoms with Gasteiger partial charge in [0.25, 0.3) is 5.56 Å². The van der Waals surface area contributed by atoms with Gasteiger partial charge in [-0.25, -0.2) is 4.79 Å². The summed E-state index contributed by atoms with van der Waals surface area (Å²) in [6, 6.07) is 3.80. The van der Waals surface area contributed by atoms with Crippen LogP contribution < -0.4 is 16.6 Å². The lowest BCUT2D eigenvalue weighted by molar-refractivity contribution is -0.121. The van der Waals surface area contributed by atoms with Crippen molar-refractivity contribution < 1.29 is 4.79 Å². The summed E-state index contributed by atoms with van der Waals surface area (Å²) >= 11 is 2.67. The van der Waals surface area contributed by atoms with Gasteiger partial charge in [0, 0.05) is 16.3 Å². The predicted octanol–water partition coefficient (Wildman–Crippen LogP) is 1.33. The third-order valence-corrected chi connectivity index (χ3v) is 5.45. The first-order valence-corrected chi connectivity index (χ1v) is 9.25. The molecule has 3 heterocycles. The van der Waals surface area contributed by atoms with Gasteiger partial charge in [-0.3, -0.25) is 18.7 Å². The molecule has 9 heteroatoms. The highest BCUT2D eigenvalue weighted by atomic mass is 32.1. The Morgan fingerprint density at radius 1 is 1.38 bits per heavy atom. The lowest BCUT2D eigenvalue weighted by atomic mass is 10.4. The number of nitrogens with one attached hydrogen (secondary N) is 1. The van der Waals surface area contributed by atoms with Crippen molar-refractivity contribution in [2.24, 2.45) is 0 Å². The molecule has 24 heavy (non-hydrogen) atoms. The van der Waals surface area contributed by atoms with Crippen molar-refractivity contribution in [2.45, 2.75) is 32.0 Å². The molecule has 4 rings (SSSR count). The SMILES string of the molecule is O=C(Cn1c(=O)n(C2CC2)c(=O)c2nscc21)NCc1cccs1. The minimum atomic E-state index is -0.429. The van der Waals surface area contributed by atoms with Gasteiger partial charge < -0.3 is 5.32 Å². The number of amides is 1. The topological polar surface area (TPSA) is 86.0 Å². The van der Waals surface area contributed by atoms with Crippen LogP contribution in [-0.2, 0) is 17.9 Å². The van der Waals surface area contributed by atoms with Crippen LogP contribution in [0.15, 0.2) is 32.5 Å². The van der Waals surface area contributed by atoms with Crippen LogP contribution in [0.1, 0.15) is 23.8 Å². The summed E-state index contributed by atoms with van der Waals surface area (Å²) in [6.45, 7) is 0.310. The molecule has 1 fully saturated rings. The summed E-state index contributed by atoms with van der Waals surface area (Å²) in [4.78, 5) is 38.4. The predicted molar refractivity (Wildman–Crippen MR) is 92.6 cm³/mol. The Morgan fingerprint density at radius 2 is 2.21 bits per heavy atom. The van der Waals surface area contributed by atoms with Crippen molar-refractivity contribution in [3.63, 3.8) is 0 Å². The van der Waals surface area contributed by atoms with Crippen molar-refractivity contribution >= 4 is 39.8 Å². The van der Waals surface area contributed by atoms with E-state index in [2.05, 4.69) is 9.69 Å². The van der Waals surface area contributed by atoms with Crippen LogP contribution in [-0.4, -0.2) is 19.4 Å². The van der Waals surface area contributed by atoms with Gasteiger partial charge in [0.2, 0.25) is 5.91 Å². The van der Waals surface area contributed by atoms with E-state index < -0.39 is 5.69 Å². The van der Waals surface area contributed by atoms with Crippen LogP contribution in [0, 0.1) is 0 Å². The molecule has 0 radical (unpaired) electrons. The summed E-state index contributed by atoms with van der Waals surface area (Å²) in [5, 5.41) is 6.39. The largest absolute Gasteiger partial charge is 0.350 e. The van der Waals surface area contributed by atoms with E-state index in [1.807, 2.05) is 17.5 Å². The van der Waals surface area contributed by atoms with Crippen molar-refractivity contribution in [1.29, 1.82) is 0 Å². The molecule has 0 saturated heterocycles. The van der Waals surface area contributed by atoms with Gasteiger partial charge in [0.1, 0.15) is 6.54 Å². The molecule has 1 saturated carbocycles. The summed E-state index contributed by atoms with van der Waals surface area (Å²) < 4.78 is 6.70. The lowest BCUT2D eigenvalue weighted by Crippen LogP contribution is -2.42. The molecule has 0 aromatic carbocycles. The van der Waals surface area contributed by atoms with Crippen LogP contribution >= 0.6 is 22.9 Å². The highest BCUT2D eigenvalue weighted by molar-refractivity contribution is 7.09. The molecule has 1 aliphatic rings. The van der Waals surface area contributed by atoms with E-state index in [1.165, 1.54) is 9.13 Å². The van der Waals surface area contributed by atoms with Gasteiger partial charge in [-0.1, -0.05) is 6.07 Å². The number of hydrogen-bond acceptors (Lipinski definition) is 6. The molecular formula is C15H14N4O3S2. The lowest BCUT2D eigenvalue weighted by Gasteiger charge is -2.11. The molecule has 1 N–H and O–H groups in total. The molecular weight excluding hydrogens is 348 g/mol. The van der Waals surface area contributed by atoms with Gasteiger partial charge in [0.15, 0.2) is 5.52 Å². The highest BCUT2D eigenvalue weighted by Gasteiger charge is 2.29. The van der Waals surface area contributed by atoms with Gasteiger partial charge in [-0.05, 0) is 35.8 Å². The second-order valence-corrected chi connectivity index (χ2v) is 7.34. The third-order valence-electron chi connectivity index (χ3n) is 3.95. The zero-order chi connectivity index (χ0) is 16.7. The number of carbonyl (C=O) groups excluding carboxylic acids is 1. The van der Waals surface area contributed by atoms with E-state index in [0.717, 1.165) is 29.3 Å². The van der Waals surface area contributed by atoms with Crippen LogP contribution in [0.4, 0.5) is 0 Å². The Morgan fingerprint density at radius 3 is 2.92 bits per heavy atom. The fourth-order valence-electron chi connectivity index (χ4n) is 2.61. The number of aromatic nitrogens is 3. The molecule has 0 aliphatic heterocycles.